The molecule has 0 aromatic carbocycles. The second kappa shape index (κ2) is 17.4. The zero-order valence-electron chi connectivity index (χ0n) is 23.4. The zero-order chi connectivity index (χ0) is 23.8. The van der Waals surface area contributed by atoms with Gasteiger partial charge in [-0.15, -0.1) is 0 Å². The first-order chi connectivity index (χ1) is 13.8. The van der Waals surface area contributed by atoms with E-state index in [4.69, 9.17) is 0 Å². The second-order valence-corrected chi connectivity index (χ2v) is 11.5. The van der Waals surface area contributed by atoms with Crippen LogP contribution in [-0.4, -0.2) is 73.6 Å². The number of hydrogen-bond acceptors (Lipinski definition) is 3. The molecule has 0 aliphatic rings. The fourth-order valence-electron chi connectivity index (χ4n) is 4.07. The fourth-order valence-corrected chi connectivity index (χ4v) is 4.07. The maximum Gasteiger partial charge on any atom is 0.0168 e. The largest absolute Gasteiger partial charge is 0.308 e. The molecule has 0 aliphatic heterocycles. The third-order valence-electron chi connectivity index (χ3n) is 6.08. The van der Waals surface area contributed by atoms with Gasteiger partial charge in [0.2, 0.25) is 0 Å². The minimum atomic E-state index is 0.267. The van der Waals surface area contributed by atoms with Gasteiger partial charge in [-0.25, -0.2) is 0 Å². The van der Waals surface area contributed by atoms with Crippen molar-refractivity contribution >= 4 is 0 Å². The summed E-state index contributed by atoms with van der Waals surface area (Å²) >= 11 is 0. The van der Waals surface area contributed by atoms with Crippen LogP contribution in [0, 0.1) is 5.41 Å². The molecule has 3 heteroatoms. The summed E-state index contributed by atoms with van der Waals surface area (Å²) in [5, 5.41) is 0. The van der Waals surface area contributed by atoms with Crippen molar-refractivity contribution in [3.8, 4) is 0 Å². The summed E-state index contributed by atoms with van der Waals surface area (Å²) in [6.45, 7) is 25.6. The van der Waals surface area contributed by atoms with E-state index in [0.29, 0.717) is 11.5 Å². The van der Waals surface area contributed by atoms with Crippen LogP contribution in [0.2, 0.25) is 0 Å². The SMILES string of the molecule is CCCC(C)(C)C.CCCCCCN(C)C(C)CC(C)(C)N(CCC)CCN(C)C. The van der Waals surface area contributed by atoms with Crippen molar-refractivity contribution in [3.05, 3.63) is 0 Å². The molecule has 0 heterocycles. The lowest BCUT2D eigenvalue weighted by atomic mass is 9.91. The van der Waals surface area contributed by atoms with Crippen molar-refractivity contribution in [1.82, 2.24) is 14.7 Å². The van der Waals surface area contributed by atoms with Crippen molar-refractivity contribution in [2.75, 3.05) is 47.3 Å². The molecule has 0 saturated heterocycles. The lowest BCUT2D eigenvalue weighted by Gasteiger charge is -2.42. The molecular weight excluding hydrogens is 366 g/mol. The Morgan fingerprint density at radius 1 is 0.667 bits per heavy atom. The van der Waals surface area contributed by atoms with Crippen LogP contribution >= 0.6 is 0 Å². The van der Waals surface area contributed by atoms with Crippen LogP contribution in [0.5, 0.6) is 0 Å². The molecule has 0 aromatic heterocycles. The topological polar surface area (TPSA) is 9.72 Å². The first kappa shape index (κ1) is 32.1. The highest BCUT2D eigenvalue weighted by Crippen LogP contribution is 2.23. The Morgan fingerprint density at radius 2 is 1.27 bits per heavy atom. The second-order valence-electron chi connectivity index (χ2n) is 11.5. The lowest BCUT2D eigenvalue weighted by molar-refractivity contribution is 0.0735. The van der Waals surface area contributed by atoms with Gasteiger partial charge in [0.05, 0.1) is 0 Å². The molecule has 0 spiro atoms. The molecule has 3 nitrogen and oxygen atoms in total. The van der Waals surface area contributed by atoms with E-state index < -0.39 is 0 Å². The number of nitrogens with zero attached hydrogens (tertiary/aromatic N) is 3. The smallest absolute Gasteiger partial charge is 0.0168 e. The van der Waals surface area contributed by atoms with Crippen LogP contribution in [0.4, 0.5) is 0 Å². The van der Waals surface area contributed by atoms with Crippen LogP contribution in [0.15, 0.2) is 0 Å². The summed E-state index contributed by atoms with van der Waals surface area (Å²) in [4.78, 5) is 7.55. The van der Waals surface area contributed by atoms with Crippen molar-refractivity contribution in [2.24, 2.45) is 5.41 Å². The predicted octanol–water partition coefficient (Wildman–Crippen LogP) is 7.16. The van der Waals surface area contributed by atoms with Crippen LogP contribution < -0.4 is 0 Å². The maximum absolute atomic E-state index is 2.69. The highest BCUT2D eigenvalue weighted by Gasteiger charge is 2.29. The van der Waals surface area contributed by atoms with Gasteiger partial charge in [-0.1, -0.05) is 67.2 Å². The van der Waals surface area contributed by atoms with Crippen LogP contribution in [0.3, 0.4) is 0 Å². The van der Waals surface area contributed by atoms with Gasteiger partial charge in [-0.2, -0.15) is 0 Å². The number of likely N-dealkylation sites (N-methyl/N-ethyl adjacent to an activating group) is 1. The van der Waals surface area contributed by atoms with E-state index in [9.17, 15) is 0 Å². The molecule has 0 aliphatic carbocycles. The molecule has 0 bridgehead atoms. The van der Waals surface area contributed by atoms with Crippen LogP contribution in [0.25, 0.3) is 0 Å². The van der Waals surface area contributed by atoms with Crippen molar-refractivity contribution in [1.29, 1.82) is 0 Å². The molecule has 0 fully saturated rings. The minimum absolute atomic E-state index is 0.267. The Bertz CT molecular complexity index is 371. The summed E-state index contributed by atoms with van der Waals surface area (Å²) < 4.78 is 0. The Labute approximate surface area is 193 Å². The van der Waals surface area contributed by atoms with Gasteiger partial charge in [0.15, 0.2) is 0 Å². The molecule has 0 rings (SSSR count). The third-order valence-corrected chi connectivity index (χ3v) is 6.08. The molecule has 30 heavy (non-hydrogen) atoms. The van der Waals surface area contributed by atoms with Gasteiger partial charge in [0.1, 0.15) is 0 Å². The predicted molar refractivity (Wildman–Crippen MR) is 140 cm³/mol. The highest BCUT2D eigenvalue weighted by molar-refractivity contribution is 4.86. The average molecular weight is 428 g/mol. The maximum atomic E-state index is 2.69. The Morgan fingerprint density at radius 3 is 1.67 bits per heavy atom. The first-order valence-corrected chi connectivity index (χ1v) is 12.9. The van der Waals surface area contributed by atoms with Crippen molar-refractivity contribution < 1.29 is 0 Å². The summed E-state index contributed by atoms with van der Waals surface area (Å²) in [5.41, 5.74) is 0.817. The third kappa shape index (κ3) is 18.6. The van der Waals surface area contributed by atoms with Gasteiger partial charge in [-0.05, 0) is 86.1 Å². The summed E-state index contributed by atoms with van der Waals surface area (Å²) in [6, 6.07) is 0.644. The molecule has 0 radical (unpaired) electrons. The van der Waals surface area contributed by atoms with Gasteiger partial charge in [0, 0.05) is 24.7 Å². The molecule has 0 aromatic rings. The monoisotopic (exact) mass is 427 g/mol. The standard InChI is InChI=1S/C20H45N3.C7H16/c1-9-11-12-13-15-22(8)19(3)18-20(4,5)23(14-10-2)17-16-21(6)7;1-5-6-7(2,3)4/h19H,9-18H2,1-8H3;5-6H2,1-4H3. The summed E-state index contributed by atoms with van der Waals surface area (Å²) in [7, 11) is 6.64. The number of unbranched alkanes of at least 4 members (excludes halogenated alkanes) is 3. The van der Waals surface area contributed by atoms with E-state index >= 15 is 0 Å². The van der Waals surface area contributed by atoms with Gasteiger partial charge in [-0.3, -0.25) is 4.90 Å². The first-order valence-electron chi connectivity index (χ1n) is 12.9. The lowest BCUT2D eigenvalue weighted by Crippen LogP contribution is -2.50. The number of rotatable bonds is 15. The van der Waals surface area contributed by atoms with E-state index in [0.717, 1.165) is 6.54 Å². The van der Waals surface area contributed by atoms with Crippen LogP contribution in [0.1, 0.15) is 114 Å². The summed E-state index contributed by atoms with van der Waals surface area (Å²) in [5.74, 6) is 0. The molecule has 184 valence electrons. The molecule has 1 unspecified atom stereocenters. The van der Waals surface area contributed by atoms with E-state index in [-0.39, 0.29) is 5.54 Å². The van der Waals surface area contributed by atoms with Crippen molar-refractivity contribution in [3.63, 3.8) is 0 Å². The van der Waals surface area contributed by atoms with Gasteiger partial charge >= 0.3 is 0 Å². The quantitative estimate of drug-likeness (QED) is 0.257. The minimum Gasteiger partial charge on any atom is -0.308 e. The average Bonchev–Trinajstić information content (AvgIpc) is 2.60. The van der Waals surface area contributed by atoms with E-state index in [1.54, 1.807) is 0 Å². The van der Waals surface area contributed by atoms with E-state index in [1.807, 2.05) is 0 Å². The Hall–Kier alpha value is -0.120. The van der Waals surface area contributed by atoms with Crippen LogP contribution in [-0.2, 0) is 0 Å². The fraction of sp³-hybridized carbons (Fsp3) is 1.00. The Balaban J connectivity index is 0. The molecule has 1 atom stereocenters. The van der Waals surface area contributed by atoms with Crippen molar-refractivity contribution in [2.45, 2.75) is 125 Å². The van der Waals surface area contributed by atoms with E-state index in [1.165, 1.54) is 71.0 Å². The number of hydrogen-bond donors (Lipinski definition) is 0. The summed E-state index contributed by atoms with van der Waals surface area (Å²) in [6.07, 6.45) is 10.5. The molecule has 0 amide bonds. The van der Waals surface area contributed by atoms with Gasteiger partial charge < -0.3 is 9.80 Å². The molecule has 0 N–H and O–H groups in total. The van der Waals surface area contributed by atoms with E-state index in [2.05, 4.69) is 98.2 Å². The Kier molecular flexibility index (Phi) is 18.6. The highest BCUT2D eigenvalue weighted by atomic mass is 15.2. The van der Waals surface area contributed by atoms with Gasteiger partial charge in [0.25, 0.3) is 0 Å². The molecule has 0 saturated carbocycles. The zero-order valence-corrected chi connectivity index (χ0v) is 23.4. The normalized spacial score (nSPS) is 13.7. The molecular formula is C27H61N3.